The molecule has 0 spiro atoms. The second-order valence-corrected chi connectivity index (χ2v) is 5.57. The van der Waals surface area contributed by atoms with Gasteiger partial charge in [-0.3, -0.25) is 0 Å². The first-order valence-electron chi connectivity index (χ1n) is 5.66. The third kappa shape index (κ3) is 2.32. The van der Waals surface area contributed by atoms with E-state index in [0.29, 0.717) is 10.7 Å². The van der Waals surface area contributed by atoms with Gasteiger partial charge in [0.2, 0.25) is 0 Å². The number of halogens is 3. The molecule has 0 unspecified atom stereocenters. The standard InChI is InChI=1S/C15H8ClFIN/c16-13-11-6-1-2-7-12(11)19-15(14(13)18)9-4-3-5-10(17)8-9/h1-8H. The van der Waals surface area contributed by atoms with Crippen LogP contribution in [-0.4, -0.2) is 4.98 Å². The van der Waals surface area contributed by atoms with Crippen molar-refractivity contribution in [1.82, 2.24) is 4.98 Å². The summed E-state index contributed by atoms with van der Waals surface area (Å²) in [6.45, 7) is 0. The van der Waals surface area contributed by atoms with Crippen molar-refractivity contribution in [3.8, 4) is 11.3 Å². The average Bonchev–Trinajstić information content (AvgIpc) is 2.43. The van der Waals surface area contributed by atoms with Crippen molar-refractivity contribution in [3.63, 3.8) is 0 Å². The minimum Gasteiger partial charge on any atom is -0.247 e. The molecule has 1 heterocycles. The van der Waals surface area contributed by atoms with E-state index in [1.807, 2.05) is 30.3 Å². The van der Waals surface area contributed by atoms with Crippen molar-refractivity contribution >= 4 is 45.1 Å². The van der Waals surface area contributed by atoms with Gasteiger partial charge in [-0.15, -0.1) is 0 Å². The highest BCUT2D eigenvalue weighted by molar-refractivity contribution is 14.1. The molecule has 0 aliphatic rings. The van der Waals surface area contributed by atoms with Crippen LogP contribution >= 0.6 is 34.2 Å². The number of fused-ring (bicyclic) bond motifs is 1. The summed E-state index contributed by atoms with van der Waals surface area (Å²) in [7, 11) is 0. The molecule has 3 aromatic rings. The van der Waals surface area contributed by atoms with Crippen LogP contribution in [0.1, 0.15) is 0 Å². The van der Waals surface area contributed by atoms with E-state index in [1.54, 1.807) is 6.07 Å². The highest BCUT2D eigenvalue weighted by Crippen LogP contribution is 2.34. The molecule has 1 nitrogen and oxygen atoms in total. The smallest absolute Gasteiger partial charge is 0.123 e. The number of hydrogen-bond acceptors (Lipinski definition) is 1. The fourth-order valence-corrected chi connectivity index (χ4v) is 2.95. The molecule has 1 aromatic heterocycles. The normalized spacial score (nSPS) is 10.9. The zero-order chi connectivity index (χ0) is 13.4. The summed E-state index contributed by atoms with van der Waals surface area (Å²) in [4.78, 5) is 4.59. The Labute approximate surface area is 128 Å². The second-order valence-electron chi connectivity index (χ2n) is 4.12. The van der Waals surface area contributed by atoms with Crippen molar-refractivity contribution in [1.29, 1.82) is 0 Å². The van der Waals surface area contributed by atoms with E-state index < -0.39 is 0 Å². The number of para-hydroxylation sites is 1. The van der Waals surface area contributed by atoms with Gasteiger partial charge in [0.15, 0.2) is 0 Å². The molecule has 0 saturated heterocycles. The van der Waals surface area contributed by atoms with Gasteiger partial charge in [-0.1, -0.05) is 41.9 Å². The van der Waals surface area contributed by atoms with Crippen LogP contribution in [0.25, 0.3) is 22.2 Å². The zero-order valence-corrected chi connectivity index (χ0v) is 12.6. The Kier molecular flexibility index (Phi) is 3.41. The van der Waals surface area contributed by atoms with Crippen LogP contribution in [0.2, 0.25) is 5.02 Å². The van der Waals surface area contributed by atoms with Crippen molar-refractivity contribution in [2.24, 2.45) is 0 Å². The molecule has 2 aromatic carbocycles. The molecule has 0 amide bonds. The van der Waals surface area contributed by atoms with E-state index in [0.717, 1.165) is 20.0 Å². The number of hydrogen-bond donors (Lipinski definition) is 0. The van der Waals surface area contributed by atoms with E-state index in [-0.39, 0.29) is 5.82 Å². The van der Waals surface area contributed by atoms with Gasteiger partial charge in [0, 0.05) is 10.9 Å². The summed E-state index contributed by atoms with van der Waals surface area (Å²) >= 11 is 8.53. The number of nitrogens with zero attached hydrogens (tertiary/aromatic N) is 1. The number of rotatable bonds is 1. The third-order valence-electron chi connectivity index (χ3n) is 2.87. The fraction of sp³-hybridized carbons (Fsp3) is 0. The summed E-state index contributed by atoms with van der Waals surface area (Å²) in [6.07, 6.45) is 0. The molecule has 0 atom stereocenters. The maximum atomic E-state index is 13.3. The second kappa shape index (κ2) is 5.06. The van der Waals surface area contributed by atoms with Crippen molar-refractivity contribution in [2.45, 2.75) is 0 Å². The lowest BCUT2D eigenvalue weighted by Crippen LogP contribution is -1.92. The van der Waals surface area contributed by atoms with E-state index in [1.165, 1.54) is 12.1 Å². The topological polar surface area (TPSA) is 12.9 Å². The molecule has 0 aliphatic carbocycles. The van der Waals surface area contributed by atoms with Gasteiger partial charge in [-0.25, -0.2) is 9.37 Å². The Balaban J connectivity index is 2.33. The molecule has 19 heavy (non-hydrogen) atoms. The molecule has 0 saturated carbocycles. The van der Waals surface area contributed by atoms with Gasteiger partial charge >= 0.3 is 0 Å². The van der Waals surface area contributed by atoms with Crippen LogP contribution in [0.15, 0.2) is 48.5 Å². The van der Waals surface area contributed by atoms with Crippen molar-refractivity contribution in [3.05, 3.63) is 62.9 Å². The van der Waals surface area contributed by atoms with E-state index in [2.05, 4.69) is 27.6 Å². The van der Waals surface area contributed by atoms with E-state index in [4.69, 9.17) is 11.6 Å². The molecule has 0 N–H and O–H groups in total. The Bertz CT molecular complexity index is 773. The summed E-state index contributed by atoms with van der Waals surface area (Å²) in [5.41, 5.74) is 2.26. The van der Waals surface area contributed by atoms with Gasteiger partial charge < -0.3 is 0 Å². The van der Waals surface area contributed by atoms with Crippen LogP contribution in [0, 0.1) is 9.39 Å². The maximum Gasteiger partial charge on any atom is 0.123 e. The Morgan fingerprint density at radius 2 is 1.84 bits per heavy atom. The maximum absolute atomic E-state index is 13.3. The minimum atomic E-state index is -0.278. The molecule has 4 heteroatoms. The molecule has 0 bridgehead atoms. The van der Waals surface area contributed by atoms with Gasteiger partial charge in [0.05, 0.1) is 19.8 Å². The van der Waals surface area contributed by atoms with Gasteiger partial charge in [0.25, 0.3) is 0 Å². The predicted octanol–water partition coefficient (Wildman–Crippen LogP) is 5.30. The minimum absolute atomic E-state index is 0.278. The molecule has 0 aliphatic heterocycles. The SMILES string of the molecule is Fc1cccc(-c2nc3ccccc3c(Cl)c2I)c1. The zero-order valence-electron chi connectivity index (χ0n) is 9.70. The Morgan fingerprint density at radius 1 is 1.05 bits per heavy atom. The van der Waals surface area contributed by atoms with Crippen LogP contribution in [0.3, 0.4) is 0 Å². The van der Waals surface area contributed by atoms with Crippen molar-refractivity contribution in [2.75, 3.05) is 0 Å². The van der Waals surface area contributed by atoms with Crippen LogP contribution in [0.5, 0.6) is 0 Å². The summed E-state index contributed by atoms with van der Waals surface area (Å²) in [5, 5.41) is 1.57. The quantitative estimate of drug-likeness (QED) is 0.520. The van der Waals surface area contributed by atoms with Crippen LogP contribution in [-0.2, 0) is 0 Å². The lowest BCUT2D eigenvalue weighted by atomic mass is 10.1. The number of benzene rings is 2. The first-order valence-corrected chi connectivity index (χ1v) is 7.12. The van der Waals surface area contributed by atoms with Gasteiger partial charge in [-0.05, 0) is 40.8 Å². The first kappa shape index (κ1) is 12.8. The highest BCUT2D eigenvalue weighted by Gasteiger charge is 2.13. The molecule has 94 valence electrons. The number of pyridine rings is 1. The molecular weight excluding hydrogens is 376 g/mol. The molecule has 3 rings (SSSR count). The van der Waals surface area contributed by atoms with Crippen LogP contribution < -0.4 is 0 Å². The third-order valence-corrected chi connectivity index (χ3v) is 4.63. The Morgan fingerprint density at radius 3 is 2.63 bits per heavy atom. The average molecular weight is 384 g/mol. The highest BCUT2D eigenvalue weighted by atomic mass is 127. The molecular formula is C15H8ClFIN. The molecule has 0 radical (unpaired) electrons. The lowest BCUT2D eigenvalue weighted by Gasteiger charge is -2.09. The first-order chi connectivity index (χ1) is 9.16. The predicted molar refractivity (Wildman–Crippen MR) is 84.9 cm³/mol. The summed E-state index contributed by atoms with van der Waals surface area (Å²) < 4.78 is 14.2. The monoisotopic (exact) mass is 383 g/mol. The van der Waals surface area contributed by atoms with Crippen LogP contribution in [0.4, 0.5) is 4.39 Å². The van der Waals surface area contributed by atoms with Gasteiger partial charge in [0.1, 0.15) is 5.82 Å². The summed E-state index contributed by atoms with van der Waals surface area (Å²) in [5.74, 6) is -0.278. The van der Waals surface area contributed by atoms with E-state index in [9.17, 15) is 4.39 Å². The van der Waals surface area contributed by atoms with Gasteiger partial charge in [-0.2, -0.15) is 0 Å². The molecule has 0 fully saturated rings. The Hall–Kier alpha value is -1.20. The largest absolute Gasteiger partial charge is 0.247 e. The fourth-order valence-electron chi connectivity index (χ4n) is 1.98. The number of aromatic nitrogens is 1. The lowest BCUT2D eigenvalue weighted by molar-refractivity contribution is 0.628. The van der Waals surface area contributed by atoms with Crippen molar-refractivity contribution < 1.29 is 4.39 Å². The summed E-state index contributed by atoms with van der Waals surface area (Å²) in [6, 6.07) is 14.1. The van der Waals surface area contributed by atoms with E-state index >= 15 is 0 Å².